The fourth-order valence-electron chi connectivity index (χ4n) is 1.10. The minimum atomic E-state index is -0.499. The van der Waals surface area contributed by atoms with Gasteiger partial charge in [-0.25, -0.2) is 0 Å². The number of nitro benzene ring substituents is 1. The van der Waals surface area contributed by atoms with Gasteiger partial charge in [0.25, 0.3) is 5.69 Å². The molecule has 1 rings (SSSR count). The summed E-state index contributed by atoms with van der Waals surface area (Å²) in [7, 11) is 0. The van der Waals surface area contributed by atoms with Crippen LogP contribution in [0.3, 0.4) is 0 Å². The molecular weight excluding hydrogens is 262 g/mol. The van der Waals surface area contributed by atoms with Crippen LogP contribution in [-0.2, 0) is 0 Å². The molecule has 15 heavy (non-hydrogen) atoms. The number of halogens is 1. The van der Waals surface area contributed by atoms with Gasteiger partial charge in [-0.2, -0.15) is 0 Å². The van der Waals surface area contributed by atoms with E-state index in [0.717, 1.165) is 0 Å². The van der Waals surface area contributed by atoms with E-state index in [4.69, 9.17) is 0 Å². The first-order chi connectivity index (χ1) is 7.19. The highest BCUT2D eigenvalue weighted by atomic mass is 79.9. The number of carbonyl (C=O) groups excluding carboxylic acids is 1. The van der Waals surface area contributed by atoms with Gasteiger partial charge in [-0.05, 0) is 6.07 Å². The van der Waals surface area contributed by atoms with Crippen LogP contribution in [0.1, 0.15) is 15.9 Å². The second-order valence-electron chi connectivity index (χ2n) is 2.75. The van der Waals surface area contributed by atoms with Crippen LogP contribution in [-0.4, -0.2) is 16.5 Å². The van der Waals surface area contributed by atoms with Crippen LogP contribution in [0.4, 0.5) is 5.69 Å². The van der Waals surface area contributed by atoms with E-state index < -0.39 is 4.92 Å². The Morgan fingerprint density at radius 1 is 1.47 bits per heavy atom. The molecule has 0 N–H and O–H groups in total. The minimum Gasteiger partial charge on any atom is -0.298 e. The molecule has 0 radical (unpaired) electrons. The van der Waals surface area contributed by atoms with Crippen LogP contribution in [0.15, 0.2) is 24.3 Å². The van der Waals surface area contributed by atoms with E-state index in [9.17, 15) is 14.9 Å². The largest absolute Gasteiger partial charge is 0.298 e. The first-order valence-electron chi connectivity index (χ1n) is 4.15. The lowest BCUT2D eigenvalue weighted by atomic mass is 10.1. The van der Waals surface area contributed by atoms with Gasteiger partial charge in [0.1, 0.15) is 6.29 Å². The molecule has 0 aliphatic carbocycles. The van der Waals surface area contributed by atoms with E-state index in [1.54, 1.807) is 24.3 Å². The summed E-state index contributed by atoms with van der Waals surface area (Å²) in [5.74, 6) is 0. The van der Waals surface area contributed by atoms with E-state index in [2.05, 4.69) is 15.9 Å². The van der Waals surface area contributed by atoms with Crippen molar-refractivity contribution in [2.45, 2.75) is 0 Å². The van der Waals surface area contributed by atoms with Crippen LogP contribution in [0.2, 0.25) is 0 Å². The number of nitrogens with zero attached hydrogens (tertiary/aromatic N) is 1. The summed E-state index contributed by atoms with van der Waals surface area (Å²) < 4.78 is 0. The predicted octanol–water partition coefficient (Wildman–Crippen LogP) is 2.82. The Hall–Kier alpha value is -1.49. The average molecular weight is 270 g/mol. The van der Waals surface area contributed by atoms with Crippen LogP contribution in [0, 0.1) is 10.1 Å². The van der Waals surface area contributed by atoms with Gasteiger partial charge in [0.15, 0.2) is 0 Å². The fourth-order valence-corrected chi connectivity index (χ4v) is 1.29. The van der Waals surface area contributed by atoms with Crippen molar-refractivity contribution in [2.75, 3.05) is 5.33 Å². The molecule has 1 aromatic carbocycles. The molecule has 0 heterocycles. The van der Waals surface area contributed by atoms with Crippen molar-refractivity contribution in [3.05, 3.63) is 45.5 Å². The minimum absolute atomic E-state index is 0.0585. The van der Waals surface area contributed by atoms with Gasteiger partial charge in [0, 0.05) is 17.0 Å². The molecule has 0 bridgehead atoms. The van der Waals surface area contributed by atoms with Gasteiger partial charge in [-0.1, -0.05) is 34.1 Å². The fraction of sp³-hybridized carbons (Fsp3) is 0.100. The normalized spacial score (nSPS) is 10.5. The molecule has 0 unspecified atom stereocenters. The topological polar surface area (TPSA) is 60.2 Å². The van der Waals surface area contributed by atoms with Crippen molar-refractivity contribution in [3.8, 4) is 0 Å². The Bertz CT molecular complexity index is 415. The van der Waals surface area contributed by atoms with Gasteiger partial charge in [-0.15, -0.1) is 0 Å². The molecule has 0 spiro atoms. The molecule has 0 atom stereocenters. The Morgan fingerprint density at radius 2 is 2.20 bits per heavy atom. The van der Waals surface area contributed by atoms with E-state index in [0.29, 0.717) is 22.7 Å². The zero-order valence-corrected chi connectivity index (χ0v) is 9.31. The monoisotopic (exact) mass is 269 g/mol. The van der Waals surface area contributed by atoms with Crippen LogP contribution in [0.5, 0.6) is 0 Å². The number of benzene rings is 1. The molecule has 1 aromatic rings. The maximum absolute atomic E-state index is 10.7. The van der Waals surface area contributed by atoms with Crippen molar-refractivity contribution in [1.82, 2.24) is 0 Å². The second-order valence-corrected chi connectivity index (χ2v) is 3.40. The Morgan fingerprint density at radius 3 is 2.73 bits per heavy atom. The second kappa shape index (κ2) is 5.41. The molecule has 0 saturated heterocycles. The first kappa shape index (κ1) is 11.6. The van der Waals surface area contributed by atoms with Gasteiger partial charge in [0.05, 0.1) is 10.5 Å². The van der Waals surface area contributed by atoms with Crippen molar-refractivity contribution in [2.24, 2.45) is 0 Å². The van der Waals surface area contributed by atoms with Gasteiger partial charge < -0.3 is 0 Å². The van der Waals surface area contributed by atoms with Gasteiger partial charge in [-0.3, -0.25) is 14.9 Å². The quantitative estimate of drug-likeness (QED) is 0.366. The van der Waals surface area contributed by atoms with Crippen LogP contribution in [0.25, 0.3) is 6.08 Å². The molecule has 0 amide bonds. The number of hydrogen-bond donors (Lipinski definition) is 0. The number of hydrogen-bond acceptors (Lipinski definition) is 3. The van der Waals surface area contributed by atoms with E-state index in [1.165, 1.54) is 6.07 Å². The first-order valence-corrected chi connectivity index (χ1v) is 5.27. The molecule has 0 aliphatic heterocycles. The van der Waals surface area contributed by atoms with Crippen molar-refractivity contribution < 1.29 is 9.72 Å². The summed E-state index contributed by atoms with van der Waals surface area (Å²) in [6.45, 7) is 0. The van der Waals surface area contributed by atoms with E-state index in [1.807, 2.05) is 0 Å². The maximum Gasteiger partial charge on any atom is 0.277 e. The third-order valence-electron chi connectivity index (χ3n) is 1.77. The summed E-state index contributed by atoms with van der Waals surface area (Å²) in [5.41, 5.74) is 0.736. The van der Waals surface area contributed by atoms with Gasteiger partial charge in [0.2, 0.25) is 0 Å². The molecular formula is C10H8BrNO3. The lowest BCUT2D eigenvalue weighted by Gasteiger charge is -1.97. The van der Waals surface area contributed by atoms with E-state index in [-0.39, 0.29) is 5.69 Å². The van der Waals surface area contributed by atoms with Crippen LogP contribution >= 0.6 is 15.9 Å². The smallest absolute Gasteiger partial charge is 0.277 e. The SMILES string of the molecule is O=Cc1ccc(C=CCBr)c([N+](=O)[O-])c1. The highest BCUT2D eigenvalue weighted by molar-refractivity contribution is 9.09. The predicted molar refractivity (Wildman–Crippen MR) is 61.3 cm³/mol. The lowest BCUT2D eigenvalue weighted by molar-refractivity contribution is -0.385. The summed E-state index contributed by atoms with van der Waals surface area (Å²) >= 11 is 3.18. The third kappa shape index (κ3) is 2.99. The number of aldehydes is 1. The molecule has 78 valence electrons. The Balaban J connectivity index is 3.20. The molecule has 0 aromatic heterocycles. The zero-order valence-electron chi connectivity index (χ0n) is 7.72. The molecule has 0 fully saturated rings. The van der Waals surface area contributed by atoms with Crippen LogP contribution < -0.4 is 0 Å². The highest BCUT2D eigenvalue weighted by Crippen LogP contribution is 2.21. The van der Waals surface area contributed by atoms with Crippen molar-refractivity contribution in [1.29, 1.82) is 0 Å². The number of rotatable bonds is 4. The molecule has 0 aliphatic rings. The summed E-state index contributed by atoms with van der Waals surface area (Å²) in [4.78, 5) is 20.7. The number of carbonyl (C=O) groups is 1. The number of nitro groups is 1. The Labute approximate surface area is 94.9 Å². The Kier molecular flexibility index (Phi) is 4.17. The number of alkyl halides is 1. The van der Waals surface area contributed by atoms with E-state index >= 15 is 0 Å². The summed E-state index contributed by atoms with van der Waals surface area (Å²) in [6, 6.07) is 4.37. The molecule has 4 nitrogen and oxygen atoms in total. The maximum atomic E-state index is 10.7. The highest BCUT2D eigenvalue weighted by Gasteiger charge is 2.11. The summed E-state index contributed by atoms with van der Waals surface area (Å²) in [5, 5.41) is 11.3. The standard InChI is InChI=1S/C10H8BrNO3/c11-5-1-2-9-4-3-8(7-13)6-10(9)12(14)15/h1-4,6-7H,5H2. The zero-order chi connectivity index (χ0) is 11.3. The number of allylic oxidation sites excluding steroid dienone is 1. The van der Waals surface area contributed by atoms with Crippen molar-refractivity contribution >= 4 is 34.0 Å². The third-order valence-corrected chi connectivity index (χ3v) is 2.15. The molecule has 5 heteroatoms. The summed E-state index contributed by atoms with van der Waals surface area (Å²) in [6.07, 6.45) is 3.98. The van der Waals surface area contributed by atoms with Gasteiger partial charge >= 0.3 is 0 Å². The molecule has 0 saturated carbocycles. The van der Waals surface area contributed by atoms with Crippen molar-refractivity contribution in [3.63, 3.8) is 0 Å². The average Bonchev–Trinajstić information content (AvgIpc) is 2.26. The lowest BCUT2D eigenvalue weighted by Crippen LogP contribution is -1.93.